The van der Waals surface area contributed by atoms with E-state index >= 15 is 0 Å². The summed E-state index contributed by atoms with van der Waals surface area (Å²) in [4.78, 5) is 13.1. The van der Waals surface area contributed by atoms with Crippen molar-refractivity contribution >= 4 is 23.5 Å². The molecule has 5 nitrogen and oxygen atoms in total. The fraction of sp³-hybridized carbons (Fsp3) is 0.167. The van der Waals surface area contributed by atoms with Crippen molar-refractivity contribution in [1.29, 1.82) is 0 Å². The zero-order valence-corrected chi connectivity index (χ0v) is 14.3. The third-order valence-electron chi connectivity index (χ3n) is 3.58. The summed E-state index contributed by atoms with van der Waals surface area (Å²) in [7, 11) is 0. The van der Waals surface area contributed by atoms with Crippen molar-refractivity contribution in [2.24, 2.45) is 5.10 Å². The number of H-pyrrole nitrogens is 1. The Hall–Kier alpha value is -2.73. The topological polar surface area (TPSA) is 70.1 Å². The van der Waals surface area contributed by atoms with Crippen molar-refractivity contribution in [2.45, 2.75) is 19.8 Å². The lowest BCUT2D eigenvalue weighted by molar-refractivity contribution is 0.0950. The molecule has 0 aliphatic rings. The van der Waals surface area contributed by atoms with Crippen molar-refractivity contribution in [3.63, 3.8) is 0 Å². The standard InChI is InChI=1S/C18H18N4OS/c1-12(2)14-7-5-13(6-8-14)11-19-22-18(23)16-10-15(20-21-16)17-4-3-9-24-17/h3-12H,1-2H3,(H,20,21)(H,22,23)/b19-11+. The lowest BCUT2D eigenvalue weighted by atomic mass is 10.0. The molecule has 0 bridgehead atoms. The number of amides is 1. The van der Waals surface area contributed by atoms with Gasteiger partial charge in [0.15, 0.2) is 5.69 Å². The van der Waals surface area contributed by atoms with Crippen LogP contribution >= 0.6 is 11.3 Å². The molecule has 0 atom stereocenters. The molecule has 0 aliphatic heterocycles. The Morgan fingerprint density at radius 2 is 2.08 bits per heavy atom. The molecule has 6 heteroatoms. The highest BCUT2D eigenvalue weighted by atomic mass is 32.1. The van der Waals surface area contributed by atoms with E-state index < -0.39 is 0 Å². The fourth-order valence-electron chi connectivity index (χ4n) is 2.19. The van der Waals surface area contributed by atoms with Crippen molar-refractivity contribution in [1.82, 2.24) is 15.6 Å². The van der Waals surface area contributed by atoms with E-state index in [9.17, 15) is 4.79 Å². The Kier molecular flexibility index (Phi) is 4.86. The van der Waals surface area contributed by atoms with Gasteiger partial charge in [0.1, 0.15) is 0 Å². The molecule has 0 fully saturated rings. The number of aromatic amines is 1. The minimum absolute atomic E-state index is 0.311. The lowest BCUT2D eigenvalue weighted by Gasteiger charge is -2.04. The minimum Gasteiger partial charge on any atom is -0.276 e. The number of carbonyl (C=O) groups is 1. The summed E-state index contributed by atoms with van der Waals surface area (Å²) in [5.74, 6) is 0.150. The van der Waals surface area contributed by atoms with Crippen LogP contribution in [0.25, 0.3) is 10.6 Å². The van der Waals surface area contributed by atoms with Gasteiger partial charge in [-0.2, -0.15) is 10.2 Å². The van der Waals surface area contributed by atoms with Gasteiger partial charge in [0, 0.05) is 0 Å². The van der Waals surface area contributed by atoms with E-state index in [0.29, 0.717) is 11.6 Å². The summed E-state index contributed by atoms with van der Waals surface area (Å²) in [6.07, 6.45) is 1.62. The third-order valence-corrected chi connectivity index (χ3v) is 4.48. The molecule has 3 aromatic rings. The molecular weight excluding hydrogens is 320 g/mol. The zero-order valence-electron chi connectivity index (χ0n) is 13.5. The van der Waals surface area contributed by atoms with E-state index in [0.717, 1.165) is 16.1 Å². The number of aromatic nitrogens is 2. The molecule has 2 heterocycles. The van der Waals surface area contributed by atoms with E-state index in [1.54, 1.807) is 23.6 Å². The molecular formula is C18H18N4OS. The molecule has 0 unspecified atom stereocenters. The third kappa shape index (κ3) is 3.78. The maximum absolute atomic E-state index is 12.1. The number of benzene rings is 1. The Morgan fingerprint density at radius 1 is 1.29 bits per heavy atom. The highest BCUT2D eigenvalue weighted by Gasteiger charge is 2.11. The van der Waals surface area contributed by atoms with Crippen LogP contribution in [0, 0.1) is 0 Å². The Balaban J connectivity index is 1.61. The molecule has 2 aromatic heterocycles. The van der Waals surface area contributed by atoms with Crippen molar-refractivity contribution in [3.05, 3.63) is 64.7 Å². The molecule has 0 radical (unpaired) electrons. The van der Waals surface area contributed by atoms with Gasteiger partial charge in [0.25, 0.3) is 5.91 Å². The number of hydrogen-bond acceptors (Lipinski definition) is 4. The average molecular weight is 338 g/mol. The van der Waals surface area contributed by atoms with Crippen LogP contribution in [0.3, 0.4) is 0 Å². The SMILES string of the molecule is CC(C)c1ccc(/C=N/NC(=O)c2cc(-c3cccs3)[nH]n2)cc1. The Labute approximate surface area is 144 Å². The lowest BCUT2D eigenvalue weighted by Crippen LogP contribution is -2.18. The molecule has 0 aliphatic carbocycles. The van der Waals surface area contributed by atoms with Crippen LogP contribution in [-0.2, 0) is 0 Å². The van der Waals surface area contributed by atoms with Gasteiger partial charge in [0.2, 0.25) is 0 Å². The quantitative estimate of drug-likeness (QED) is 0.545. The van der Waals surface area contributed by atoms with Gasteiger partial charge in [-0.25, -0.2) is 5.43 Å². The van der Waals surface area contributed by atoms with Gasteiger partial charge >= 0.3 is 0 Å². The second kappa shape index (κ2) is 7.23. The molecule has 0 spiro atoms. The molecule has 1 aromatic carbocycles. The summed E-state index contributed by atoms with van der Waals surface area (Å²) in [5.41, 5.74) is 5.83. The molecule has 24 heavy (non-hydrogen) atoms. The smallest absolute Gasteiger partial charge is 0.276 e. The summed E-state index contributed by atoms with van der Waals surface area (Å²) >= 11 is 1.59. The molecule has 122 valence electrons. The van der Waals surface area contributed by atoms with Crippen LogP contribution in [0.4, 0.5) is 0 Å². The van der Waals surface area contributed by atoms with Gasteiger partial charge in [-0.05, 0) is 34.6 Å². The second-order valence-corrected chi connectivity index (χ2v) is 6.61. The number of rotatable bonds is 5. The van der Waals surface area contributed by atoms with E-state index in [1.807, 2.05) is 29.6 Å². The predicted octanol–water partition coefficient (Wildman–Crippen LogP) is 4.03. The maximum atomic E-state index is 12.1. The summed E-state index contributed by atoms with van der Waals surface area (Å²) in [5, 5.41) is 12.9. The number of nitrogens with zero attached hydrogens (tertiary/aromatic N) is 2. The van der Waals surface area contributed by atoms with Crippen LogP contribution < -0.4 is 5.43 Å². The largest absolute Gasteiger partial charge is 0.291 e. The van der Waals surface area contributed by atoms with Crippen LogP contribution in [0.5, 0.6) is 0 Å². The van der Waals surface area contributed by atoms with E-state index in [4.69, 9.17) is 0 Å². The molecule has 1 amide bonds. The monoisotopic (exact) mass is 338 g/mol. The van der Waals surface area contributed by atoms with Crippen LogP contribution in [0.2, 0.25) is 0 Å². The van der Waals surface area contributed by atoms with Gasteiger partial charge in [-0.3, -0.25) is 9.89 Å². The van der Waals surface area contributed by atoms with Crippen LogP contribution in [0.15, 0.2) is 52.9 Å². The minimum atomic E-state index is -0.343. The first-order valence-electron chi connectivity index (χ1n) is 7.66. The first kappa shape index (κ1) is 16.1. The van der Waals surface area contributed by atoms with Crippen molar-refractivity contribution in [3.8, 4) is 10.6 Å². The number of hydrazone groups is 1. The first-order chi connectivity index (χ1) is 11.6. The molecule has 3 rings (SSSR count). The van der Waals surface area contributed by atoms with Crippen molar-refractivity contribution in [2.75, 3.05) is 0 Å². The fourth-order valence-corrected chi connectivity index (χ4v) is 2.88. The van der Waals surface area contributed by atoms with Gasteiger partial charge in [-0.1, -0.05) is 44.2 Å². The summed E-state index contributed by atoms with van der Waals surface area (Å²) in [6.45, 7) is 4.30. The number of carbonyl (C=O) groups excluding carboxylic acids is 1. The predicted molar refractivity (Wildman–Crippen MR) is 97.5 cm³/mol. The highest BCUT2D eigenvalue weighted by Crippen LogP contribution is 2.22. The Morgan fingerprint density at radius 3 is 2.75 bits per heavy atom. The van der Waals surface area contributed by atoms with Gasteiger partial charge in [0.05, 0.1) is 16.8 Å². The number of thiophene rings is 1. The average Bonchev–Trinajstić information content (AvgIpc) is 3.26. The van der Waals surface area contributed by atoms with E-state index in [1.165, 1.54) is 5.56 Å². The van der Waals surface area contributed by atoms with E-state index in [-0.39, 0.29) is 5.91 Å². The summed E-state index contributed by atoms with van der Waals surface area (Å²) < 4.78 is 0. The Bertz CT molecular complexity index is 832. The highest BCUT2D eigenvalue weighted by molar-refractivity contribution is 7.13. The first-order valence-corrected chi connectivity index (χ1v) is 8.54. The zero-order chi connectivity index (χ0) is 16.9. The normalized spacial score (nSPS) is 11.3. The van der Waals surface area contributed by atoms with Gasteiger partial charge < -0.3 is 0 Å². The van der Waals surface area contributed by atoms with Crippen LogP contribution in [0.1, 0.15) is 41.4 Å². The summed E-state index contributed by atoms with van der Waals surface area (Å²) in [6, 6.07) is 13.7. The second-order valence-electron chi connectivity index (χ2n) is 5.66. The molecule has 2 N–H and O–H groups in total. The molecule has 0 saturated heterocycles. The molecule has 0 saturated carbocycles. The van der Waals surface area contributed by atoms with Gasteiger partial charge in [-0.15, -0.1) is 11.3 Å². The maximum Gasteiger partial charge on any atom is 0.291 e. The number of nitrogens with one attached hydrogen (secondary N) is 2. The van der Waals surface area contributed by atoms with E-state index in [2.05, 4.69) is 46.7 Å². The van der Waals surface area contributed by atoms with Crippen LogP contribution in [-0.4, -0.2) is 22.3 Å². The number of hydrogen-bond donors (Lipinski definition) is 2. The van der Waals surface area contributed by atoms with Crippen molar-refractivity contribution < 1.29 is 4.79 Å².